The average molecular weight is 415 g/mol. The number of imide groups is 1. The molecule has 0 unspecified atom stereocenters. The molecule has 2 saturated heterocycles. The van der Waals surface area contributed by atoms with E-state index in [0.29, 0.717) is 37.6 Å². The minimum atomic E-state index is -3.58. The van der Waals surface area contributed by atoms with Gasteiger partial charge in [0.2, 0.25) is 10.0 Å². The van der Waals surface area contributed by atoms with Gasteiger partial charge in [-0.05, 0) is 30.7 Å². The summed E-state index contributed by atoms with van der Waals surface area (Å²) in [4.78, 5) is 27.7. The predicted molar refractivity (Wildman–Crippen MR) is 101 cm³/mol. The van der Waals surface area contributed by atoms with E-state index >= 15 is 0 Å². The second-order valence-electron chi connectivity index (χ2n) is 6.67. The van der Waals surface area contributed by atoms with Gasteiger partial charge in [0.25, 0.3) is 5.91 Å². The Morgan fingerprint density at radius 2 is 1.74 bits per heavy atom. The van der Waals surface area contributed by atoms with Crippen LogP contribution < -0.4 is 5.32 Å². The number of nitrogens with one attached hydrogen (secondary N) is 1. The number of sulfonamides is 1. The van der Waals surface area contributed by atoms with Crippen molar-refractivity contribution in [2.24, 2.45) is 0 Å². The number of carbonyl (C=O) groups is 2. The standard InChI is InChI=1S/C17H23ClN4O4S/c1-2-3-15-16(23)22(17(24)19-15)12-20-8-10-21(11-9-20)27(25,26)14-6-4-13(18)5-7-14/h4-7,15H,2-3,8-12H2,1H3,(H,19,24)/t15-/m1/s1. The topological polar surface area (TPSA) is 90.0 Å². The molecule has 0 bridgehead atoms. The van der Waals surface area contributed by atoms with Crippen molar-refractivity contribution < 1.29 is 18.0 Å². The van der Waals surface area contributed by atoms with Gasteiger partial charge in [0.05, 0.1) is 11.6 Å². The van der Waals surface area contributed by atoms with Crippen LogP contribution in [0, 0.1) is 0 Å². The highest BCUT2D eigenvalue weighted by Crippen LogP contribution is 2.20. The zero-order valence-corrected chi connectivity index (χ0v) is 16.7. The number of halogens is 1. The van der Waals surface area contributed by atoms with Gasteiger partial charge < -0.3 is 5.32 Å². The summed E-state index contributed by atoms with van der Waals surface area (Å²) in [6.07, 6.45) is 1.43. The molecule has 0 aliphatic carbocycles. The Bertz CT molecular complexity index is 807. The van der Waals surface area contributed by atoms with Crippen LogP contribution in [0.25, 0.3) is 0 Å². The Labute approximate surface area is 164 Å². The Hall–Kier alpha value is -1.68. The van der Waals surface area contributed by atoms with Crippen molar-refractivity contribution in [1.29, 1.82) is 0 Å². The van der Waals surface area contributed by atoms with E-state index in [-0.39, 0.29) is 23.5 Å². The first kappa shape index (κ1) is 20.1. The monoisotopic (exact) mass is 414 g/mol. The first-order valence-electron chi connectivity index (χ1n) is 8.93. The van der Waals surface area contributed by atoms with Crippen LogP contribution in [0.1, 0.15) is 19.8 Å². The van der Waals surface area contributed by atoms with E-state index in [1.54, 1.807) is 12.1 Å². The molecule has 1 atom stereocenters. The van der Waals surface area contributed by atoms with E-state index < -0.39 is 16.1 Å². The lowest BCUT2D eigenvalue weighted by Gasteiger charge is -2.35. The smallest absolute Gasteiger partial charge is 0.325 e. The van der Waals surface area contributed by atoms with E-state index in [4.69, 9.17) is 11.6 Å². The highest BCUT2D eigenvalue weighted by Gasteiger charge is 2.39. The molecular formula is C17H23ClN4O4S. The summed E-state index contributed by atoms with van der Waals surface area (Å²) in [6.45, 7) is 3.63. The number of hydrogen-bond acceptors (Lipinski definition) is 5. The Kier molecular flexibility index (Phi) is 6.05. The third-order valence-electron chi connectivity index (χ3n) is 4.81. The molecule has 148 valence electrons. The number of urea groups is 1. The molecule has 8 nitrogen and oxygen atoms in total. The summed E-state index contributed by atoms with van der Waals surface area (Å²) in [7, 11) is -3.58. The quantitative estimate of drug-likeness (QED) is 0.709. The van der Waals surface area contributed by atoms with Crippen LogP contribution in [0.5, 0.6) is 0 Å². The molecule has 1 N–H and O–H groups in total. The van der Waals surface area contributed by atoms with Gasteiger partial charge in [-0.3, -0.25) is 9.69 Å². The number of benzene rings is 1. The maximum Gasteiger partial charge on any atom is 0.325 e. The van der Waals surface area contributed by atoms with Crippen LogP contribution in [0.3, 0.4) is 0 Å². The van der Waals surface area contributed by atoms with Gasteiger partial charge in [-0.2, -0.15) is 4.31 Å². The van der Waals surface area contributed by atoms with E-state index in [1.807, 2.05) is 11.8 Å². The van der Waals surface area contributed by atoms with Gasteiger partial charge in [-0.1, -0.05) is 24.9 Å². The molecule has 0 spiro atoms. The van der Waals surface area contributed by atoms with Gasteiger partial charge in [0, 0.05) is 31.2 Å². The van der Waals surface area contributed by atoms with Crippen LogP contribution in [0.2, 0.25) is 5.02 Å². The molecule has 1 aromatic rings. The highest BCUT2D eigenvalue weighted by atomic mass is 35.5. The molecule has 0 aromatic heterocycles. The molecule has 2 aliphatic rings. The third-order valence-corrected chi connectivity index (χ3v) is 6.97. The summed E-state index contributed by atoms with van der Waals surface area (Å²) in [5.41, 5.74) is 0. The van der Waals surface area contributed by atoms with Crippen molar-refractivity contribution in [1.82, 2.24) is 19.4 Å². The number of carbonyl (C=O) groups excluding carboxylic acids is 2. The lowest BCUT2D eigenvalue weighted by atomic mass is 10.2. The van der Waals surface area contributed by atoms with Crippen molar-refractivity contribution in [3.8, 4) is 0 Å². The van der Waals surface area contributed by atoms with Crippen LogP contribution in [0.4, 0.5) is 4.79 Å². The van der Waals surface area contributed by atoms with E-state index in [9.17, 15) is 18.0 Å². The van der Waals surface area contributed by atoms with Crippen LogP contribution in [-0.4, -0.2) is 73.4 Å². The lowest BCUT2D eigenvalue weighted by molar-refractivity contribution is -0.129. The van der Waals surface area contributed by atoms with Crippen LogP contribution in [0.15, 0.2) is 29.2 Å². The summed E-state index contributed by atoms with van der Waals surface area (Å²) in [5.74, 6) is -0.210. The van der Waals surface area contributed by atoms with Crippen molar-refractivity contribution in [2.75, 3.05) is 32.8 Å². The Morgan fingerprint density at radius 3 is 2.33 bits per heavy atom. The fourth-order valence-electron chi connectivity index (χ4n) is 3.26. The van der Waals surface area contributed by atoms with Gasteiger partial charge in [-0.15, -0.1) is 0 Å². The first-order valence-corrected chi connectivity index (χ1v) is 10.7. The largest absolute Gasteiger partial charge is 0.326 e. The van der Waals surface area contributed by atoms with Crippen molar-refractivity contribution in [3.05, 3.63) is 29.3 Å². The summed E-state index contributed by atoms with van der Waals surface area (Å²) >= 11 is 5.82. The minimum Gasteiger partial charge on any atom is -0.326 e. The molecule has 2 heterocycles. The number of piperazine rings is 1. The second kappa shape index (κ2) is 8.14. The molecule has 2 aliphatic heterocycles. The Balaban J connectivity index is 1.58. The number of hydrogen-bond donors (Lipinski definition) is 1. The molecule has 3 amide bonds. The zero-order valence-electron chi connectivity index (χ0n) is 15.1. The Morgan fingerprint density at radius 1 is 1.11 bits per heavy atom. The van der Waals surface area contributed by atoms with E-state index in [0.717, 1.165) is 6.42 Å². The second-order valence-corrected chi connectivity index (χ2v) is 9.05. The van der Waals surface area contributed by atoms with Gasteiger partial charge in [0.15, 0.2) is 0 Å². The van der Waals surface area contributed by atoms with Gasteiger partial charge in [-0.25, -0.2) is 18.1 Å². The molecular weight excluding hydrogens is 392 g/mol. The van der Waals surface area contributed by atoms with Crippen molar-refractivity contribution >= 4 is 33.6 Å². The fourth-order valence-corrected chi connectivity index (χ4v) is 4.81. The minimum absolute atomic E-state index is 0.180. The summed E-state index contributed by atoms with van der Waals surface area (Å²) in [6, 6.07) is 5.25. The van der Waals surface area contributed by atoms with E-state index in [1.165, 1.54) is 21.3 Å². The maximum atomic E-state index is 12.7. The average Bonchev–Trinajstić information content (AvgIpc) is 2.90. The molecule has 0 saturated carbocycles. The third kappa shape index (κ3) is 4.26. The summed E-state index contributed by atoms with van der Waals surface area (Å²) < 4.78 is 26.8. The number of amides is 3. The van der Waals surface area contributed by atoms with Crippen molar-refractivity contribution in [2.45, 2.75) is 30.7 Å². The summed E-state index contributed by atoms with van der Waals surface area (Å²) in [5, 5.41) is 3.18. The molecule has 3 rings (SSSR count). The molecule has 2 fully saturated rings. The van der Waals surface area contributed by atoms with Crippen molar-refractivity contribution in [3.63, 3.8) is 0 Å². The van der Waals surface area contributed by atoms with Gasteiger partial charge >= 0.3 is 6.03 Å². The molecule has 27 heavy (non-hydrogen) atoms. The van der Waals surface area contributed by atoms with Crippen LogP contribution in [-0.2, 0) is 14.8 Å². The van der Waals surface area contributed by atoms with Crippen LogP contribution >= 0.6 is 11.6 Å². The number of nitrogens with zero attached hydrogens (tertiary/aromatic N) is 3. The predicted octanol–water partition coefficient (Wildman–Crippen LogP) is 1.32. The lowest BCUT2D eigenvalue weighted by Crippen LogP contribution is -2.52. The normalized spacial score (nSPS) is 22.3. The fraction of sp³-hybridized carbons (Fsp3) is 0.529. The number of rotatable bonds is 6. The van der Waals surface area contributed by atoms with E-state index in [2.05, 4.69) is 5.32 Å². The molecule has 1 aromatic carbocycles. The SMILES string of the molecule is CCC[C@H]1NC(=O)N(CN2CCN(S(=O)(=O)c3ccc(Cl)cc3)CC2)C1=O. The molecule has 0 radical (unpaired) electrons. The first-order chi connectivity index (χ1) is 12.8. The molecule has 10 heteroatoms. The van der Waals surface area contributed by atoms with Gasteiger partial charge in [0.1, 0.15) is 6.04 Å². The highest BCUT2D eigenvalue weighted by molar-refractivity contribution is 7.89. The maximum absolute atomic E-state index is 12.7. The zero-order chi connectivity index (χ0) is 19.6.